The van der Waals surface area contributed by atoms with Gasteiger partial charge in [-0.15, -0.1) is 0 Å². The van der Waals surface area contributed by atoms with Gasteiger partial charge in [0.15, 0.2) is 0 Å². The molecule has 0 amide bonds. The molecule has 0 aliphatic heterocycles. The van der Waals surface area contributed by atoms with Gasteiger partial charge in [0.2, 0.25) is 0 Å². The van der Waals surface area contributed by atoms with E-state index in [1.54, 1.807) is 7.11 Å². The number of hydrogen-bond donors (Lipinski definition) is 0. The zero-order valence-corrected chi connectivity index (χ0v) is 16.2. The second-order valence-corrected chi connectivity index (χ2v) is 10.9. The van der Waals surface area contributed by atoms with Crippen LogP contribution in [0.1, 0.15) is 72.6 Å². The van der Waals surface area contributed by atoms with Gasteiger partial charge in [-0.2, -0.15) is 0 Å². The highest BCUT2D eigenvalue weighted by Gasteiger charge is 2.26. The third-order valence-electron chi connectivity index (χ3n) is 4.08. The monoisotopic (exact) mass is 308 g/mol. The number of ether oxygens (including phenoxy) is 1. The van der Waals surface area contributed by atoms with Crippen LogP contribution in [-0.4, -0.2) is 18.4 Å². The molecule has 0 aliphatic rings. The lowest BCUT2D eigenvalue weighted by atomic mass is 9.86. The van der Waals surface area contributed by atoms with Gasteiger partial charge in [-0.1, -0.05) is 74.6 Å². The Morgan fingerprint density at radius 1 is 0.952 bits per heavy atom. The molecule has 0 unspecified atom stereocenters. The molecule has 1 aromatic rings. The van der Waals surface area contributed by atoms with Crippen LogP contribution < -0.4 is 5.30 Å². The summed E-state index contributed by atoms with van der Waals surface area (Å²) in [5, 5.41) is 1.54. The molecule has 0 saturated heterocycles. The Morgan fingerprint density at radius 3 is 1.86 bits per heavy atom. The van der Waals surface area contributed by atoms with Crippen molar-refractivity contribution in [1.29, 1.82) is 0 Å². The Balaban J connectivity index is 3.48. The van der Waals surface area contributed by atoms with E-state index in [-0.39, 0.29) is 19.4 Å². The van der Waals surface area contributed by atoms with Gasteiger partial charge in [0.1, 0.15) is 0 Å². The number of hydrogen-bond acceptors (Lipinski definition) is 1. The van der Waals surface area contributed by atoms with E-state index in [1.165, 1.54) is 16.4 Å². The Labute approximate surface area is 133 Å². The SMILES string of the molecule is CO[C@H](C)c1ccc(C(C)(C)C)cc1P(C(C)C)C(C)C. The highest BCUT2D eigenvalue weighted by molar-refractivity contribution is 7.67. The maximum absolute atomic E-state index is 5.62. The van der Waals surface area contributed by atoms with Crippen molar-refractivity contribution in [1.82, 2.24) is 0 Å². The highest BCUT2D eigenvalue weighted by Crippen LogP contribution is 2.47. The Kier molecular flexibility index (Phi) is 6.44. The fourth-order valence-electron chi connectivity index (χ4n) is 2.86. The molecule has 120 valence electrons. The lowest BCUT2D eigenvalue weighted by molar-refractivity contribution is 0.120. The van der Waals surface area contributed by atoms with Crippen LogP contribution in [0.15, 0.2) is 18.2 Å². The molecule has 1 rings (SSSR count). The van der Waals surface area contributed by atoms with Crippen LogP contribution in [0.2, 0.25) is 0 Å². The maximum Gasteiger partial charge on any atom is 0.0799 e. The van der Waals surface area contributed by atoms with Gasteiger partial charge in [0, 0.05) is 7.11 Å². The van der Waals surface area contributed by atoms with Crippen molar-refractivity contribution in [2.75, 3.05) is 7.11 Å². The summed E-state index contributed by atoms with van der Waals surface area (Å²) in [5.41, 5.74) is 4.38. The van der Waals surface area contributed by atoms with E-state index in [1.807, 2.05) is 0 Å². The molecular formula is C19H33OP. The molecule has 1 atom stereocenters. The largest absolute Gasteiger partial charge is 0.377 e. The fraction of sp³-hybridized carbons (Fsp3) is 0.684. The molecule has 0 aliphatic carbocycles. The van der Waals surface area contributed by atoms with E-state index in [0.717, 1.165) is 0 Å². The standard InChI is InChI=1S/C19H33OP/c1-13(2)21(14(3)4)18-12-16(19(6,7)8)10-11-17(18)15(5)20-9/h10-15H,1-9H3/t15-/m1/s1. The van der Waals surface area contributed by atoms with E-state index >= 15 is 0 Å². The topological polar surface area (TPSA) is 9.23 Å². The molecule has 0 radical (unpaired) electrons. The minimum atomic E-state index is -0.176. The van der Waals surface area contributed by atoms with Crippen LogP contribution in [0.4, 0.5) is 0 Å². The Hall–Kier alpha value is -0.390. The predicted molar refractivity (Wildman–Crippen MR) is 97.4 cm³/mol. The molecule has 1 aromatic carbocycles. The van der Waals surface area contributed by atoms with E-state index in [2.05, 4.69) is 73.6 Å². The molecule has 0 aromatic heterocycles. The van der Waals surface area contributed by atoms with Crippen molar-refractivity contribution >= 4 is 13.2 Å². The molecule has 0 heterocycles. The normalized spacial score (nSPS) is 14.3. The van der Waals surface area contributed by atoms with Crippen molar-refractivity contribution in [2.45, 2.75) is 78.2 Å². The molecule has 0 N–H and O–H groups in total. The van der Waals surface area contributed by atoms with Gasteiger partial charge in [0.05, 0.1) is 6.10 Å². The van der Waals surface area contributed by atoms with Crippen molar-refractivity contribution in [3.05, 3.63) is 29.3 Å². The first-order valence-corrected chi connectivity index (χ1v) is 9.53. The van der Waals surface area contributed by atoms with Gasteiger partial charge in [-0.3, -0.25) is 0 Å². The number of benzene rings is 1. The van der Waals surface area contributed by atoms with E-state index in [0.29, 0.717) is 11.3 Å². The second kappa shape index (κ2) is 7.25. The molecule has 0 spiro atoms. The Bertz CT molecular complexity index is 449. The molecule has 21 heavy (non-hydrogen) atoms. The molecule has 0 saturated carbocycles. The summed E-state index contributed by atoms with van der Waals surface area (Å²) < 4.78 is 5.62. The van der Waals surface area contributed by atoms with Crippen molar-refractivity contribution < 1.29 is 4.74 Å². The number of rotatable bonds is 5. The third kappa shape index (κ3) is 4.54. The zero-order valence-electron chi connectivity index (χ0n) is 15.3. The van der Waals surface area contributed by atoms with Gasteiger partial charge < -0.3 is 4.74 Å². The van der Waals surface area contributed by atoms with Gasteiger partial charge >= 0.3 is 0 Å². The first-order chi connectivity index (χ1) is 9.59. The highest BCUT2D eigenvalue weighted by atomic mass is 31.1. The average molecular weight is 308 g/mol. The summed E-state index contributed by atoms with van der Waals surface area (Å²) in [6.07, 6.45) is 0.163. The molecular weight excluding hydrogens is 275 g/mol. The quantitative estimate of drug-likeness (QED) is 0.642. The summed E-state index contributed by atoms with van der Waals surface area (Å²) in [4.78, 5) is 0. The van der Waals surface area contributed by atoms with Gasteiger partial charge in [-0.05, 0) is 40.1 Å². The van der Waals surface area contributed by atoms with E-state index < -0.39 is 0 Å². The van der Waals surface area contributed by atoms with Crippen LogP contribution in [0.3, 0.4) is 0 Å². The minimum Gasteiger partial charge on any atom is -0.377 e. The molecule has 0 bridgehead atoms. The molecule has 1 nitrogen and oxygen atoms in total. The first-order valence-electron chi connectivity index (χ1n) is 8.05. The zero-order chi connectivity index (χ0) is 16.4. The lowest BCUT2D eigenvalue weighted by Gasteiger charge is -2.31. The van der Waals surface area contributed by atoms with Gasteiger partial charge in [-0.25, -0.2) is 0 Å². The van der Waals surface area contributed by atoms with E-state index in [4.69, 9.17) is 4.74 Å². The van der Waals surface area contributed by atoms with Gasteiger partial charge in [0.25, 0.3) is 0 Å². The average Bonchev–Trinajstić information content (AvgIpc) is 2.35. The smallest absolute Gasteiger partial charge is 0.0799 e. The van der Waals surface area contributed by atoms with Crippen LogP contribution in [-0.2, 0) is 10.2 Å². The summed E-state index contributed by atoms with van der Waals surface area (Å²) in [7, 11) is 1.63. The summed E-state index contributed by atoms with van der Waals surface area (Å²) in [6.45, 7) is 18.5. The summed E-state index contributed by atoms with van der Waals surface area (Å²) in [6, 6.07) is 7.03. The van der Waals surface area contributed by atoms with Crippen LogP contribution in [0.25, 0.3) is 0 Å². The van der Waals surface area contributed by atoms with Crippen molar-refractivity contribution in [3.8, 4) is 0 Å². The predicted octanol–water partition coefficient (Wildman–Crippen LogP) is 5.62. The van der Waals surface area contributed by atoms with Crippen LogP contribution >= 0.6 is 7.92 Å². The number of methoxy groups -OCH3 is 1. The minimum absolute atomic E-state index is 0.163. The van der Waals surface area contributed by atoms with E-state index in [9.17, 15) is 0 Å². The summed E-state index contributed by atoms with van der Waals surface area (Å²) in [5.74, 6) is 0. The Morgan fingerprint density at radius 2 is 1.48 bits per heavy atom. The van der Waals surface area contributed by atoms with Crippen molar-refractivity contribution in [2.24, 2.45) is 0 Å². The fourth-order valence-corrected chi connectivity index (χ4v) is 6.01. The first kappa shape index (κ1) is 18.7. The third-order valence-corrected chi connectivity index (χ3v) is 7.25. The van der Waals surface area contributed by atoms with Crippen LogP contribution in [0.5, 0.6) is 0 Å². The maximum atomic E-state index is 5.62. The lowest BCUT2D eigenvalue weighted by Crippen LogP contribution is -2.23. The summed E-state index contributed by atoms with van der Waals surface area (Å²) >= 11 is 0. The molecule has 0 fully saturated rings. The second-order valence-electron chi connectivity index (χ2n) is 7.50. The molecule has 2 heteroatoms. The van der Waals surface area contributed by atoms with Crippen LogP contribution in [0, 0.1) is 0 Å². The van der Waals surface area contributed by atoms with Crippen molar-refractivity contribution in [3.63, 3.8) is 0 Å².